The molecule has 19 heavy (non-hydrogen) atoms. The van der Waals surface area contributed by atoms with E-state index in [-0.39, 0.29) is 0 Å². The number of nitrogens with one attached hydrogen (secondary N) is 1. The highest BCUT2D eigenvalue weighted by molar-refractivity contribution is 6.34. The number of halogens is 2. The zero-order chi connectivity index (χ0) is 14.0. The Labute approximate surface area is 120 Å². The van der Waals surface area contributed by atoms with E-state index in [1.807, 2.05) is 13.0 Å². The molecule has 5 N–H and O–H groups in total. The van der Waals surface area contributed by atoms with Crippen molar-refractivity contribution in [1.82, 2.24) is 15.4 Å². The van der Waals surface area contributed by atoms with E-state index in [1.54, 1.807) is 12.3 Å². The fourth-order valence-electron chi connectivity index (χ4n) is 1.90. The molecule has 2 heterocycles. The third kappa shape index (κ3) is 2.79. The second kappa shape index (κ2) is 5.71. The van der Waals surface area contributed by atoms with Crippen LogP contribution in [0.5, 0.6) is 0 Å². The summed E-state index contributed by atoms with van der Waals surface area (Å²) in [5.74, 6) is 6.00. The van der Waals surface area contributed by atoms with Crippen molar-refractivity contribution in [2.75, 3.05) is 5.73 Å². The Kier molecular flexibility index (Phi) is 4.21. The largest absolute Gasteiger partial charge is 0.383 e. The SMILES string of the molecule is Cc1ccnc(N)c1C(NN)c1ncc(Cl)cc1Cl. The van der Waals surface area contributed by atoms with E-state index >= 15 is 0 Å². The van der Waals surface area contributed by atoms with Crippen molar-refractivity contribution < 1.29 is 0 Å². The van der Waals surface area contributed by atoms with E-state index in [4.69, 9.17) is 34.8 Å². The summed E-state index contributed by atoms with van der Waals surface area (Å²) in [4.78, 5) is 8.28. The smallest absolute Gasteiger partial charge is 0.128 e. The van der Waals surface area contributed by atoms with Gasteiger partial charge < -0.3 is 5.73 Å². The fourth-order valence-corrected chi connectivity index (χ4v) is 2.39. The van der Waals surface area contributed by atoms with Crippen LogP contribution in [0.2, 0.25) is 10.0 Å². The monoisotopic (exact) mass is 297 g/mol. The molecule has 0 amide bonds. The summed E-state index contributed by atoms with van der Waals surface area (Å²) in [5.41, 5.74) is 10.8. The lowest BCUT2D eigenvalue weighted by atomic mass is 10.00. The predicted octanol–water partition coefficient (Wildman–Crippen LogP) is 2.23. The highest BCUT2D eigenvalue weighted by atomic mass is 35.5. The van der Waals surface area contributed by atoms with Gasteiger partial charge in [0.25, 0.3) is 0 Å². The Morgan fingerprint density at radius 3 is 2.63 bits per heavy atom. The zero-order valence-corrected chi connectivity index (χ0v) is 11.7. The Balaban J connectivity index is 2.56. The summed E-state index contributed by atoms with van der Waals surface area (Å²) in [7, 11) is 0. The summed E-state index contributed by atoms with van der Waals surface area (Å²) in [6.07, 6.45) is 3.15. The molecule has 0 bridgehead atoms. The van der Waals surface area contributed by atoms with Gasteiger partial charge >= 0.3 is 0 Å². The quantitative estimate of drug-likeness (QED) is 0.597. The third-order valence-corrected chi connectivity index (χ3v) is 3.31. The molecule has 7 heteroatoms. The molecular weight excluding hydrogens is 285 g/mol. The van der Waals surface area contributed by atoms with Crippen LogP contribution >= 0.6 is 23.2 Å². The molecule has 0 aliphatic rings. The average Bonchev–Trinajstić information content (AvgIpc) is 2.35. The van der Waals surface area contributed by atoms with Gasteiger partial charge in [0, 0.05) is 18.0 Å². The number of nitrogens with two attached hydrogens (primary N) is 2. The molecule has 2 aromatic heterocycles. The molecular formula is C12H13Cl2N5. The van der Waals surface area contributed by atoms with Gasteiger partial charge in [-0.1, -0.05) is 23.2 Å². The highest BCUT2D eigenvalue weighted by Crippen LogP contribution is 2.31. The molecule has 0 aromatic carbocycles. The van der Waals surface area contributed by atoms with Gasteiger partial charge in [-0.2, -0.15) is 0 Å². The maximum Gasteiger partial charge on any atom is 0.128 e. The first kappa shape index (κ1) is 14.0. The van der Waals surface area contributed by atoms with Crippen LogP contribution < -0.4 is 17.0 Å². The Morgan fingerprint density at radius 1 is 1.32 bits per heavy atom. The standard InChI is InChI=1S/C12H13Cl2N5/c1-6-2-3-17-12(15)9(6)11(19-16)10-8(14)4-7(13)5-18-10/h2-5,11,19H,16H2,1H3,(H2,15,17). The lowest BCUT2D eigenvalue weighted by molar-refractivity contribution is 0.618. The number of aryl methyl sites for hydroxylation is 1. The number of aromatic nitrogens is 2. The van der Waals surface area contributed by atoms with Crippen molar-refractivity contribution in [3.8, 4) is 0 Å². The lowest BCUT2D eigenvalue weighted by Crippen LogP contribution is -2.31. The van der Waals surface area contributed by atoms with Gasteiger partial charge in [-0.25, -0.2) is 10.4 Å². The summed E-state index contributed by atoms with van der Waals surface area (Å²) in [5, 5.41) is 0.874. The summed E-state index contributed by atoms with van der Waals surface area (Å²) >= 11 is 12.0. The van der Waals surface area contributed by atoms with Crippen LogP contribution in [0.25, 0.3) is 0 Å². The second-order valence-electron chi connectivity index (χ2n) is 4.05. The molecule has 100 valence electrons. The van der Waals surface area contributed by atoms with Gasteiger partial charge in [-0.05, 0) is 24.6 Å². The van der Waals surface area contributed by atoms with Crippen molar-refractivity contribution >= 4 is 29.0 Å². The molecule has 1 atom stereocenters. The molecule has 0 spiro atoms. The predicted molar refractivity (Wildman–Crippen MR) is 76.8 cm³/mol. The zero-order valence-electron chi connectivity index (χ0n) is 10.2. The molecule has 0 saturated heterocycles. The molecule has 0 radical (unpaired) electrons. The first-order valence-electron chi connectivity index (χ1n) is 5.52. The van der Waals surface area contributed by atoms with Crippen molar-refractivity contribution in [3.05, 3.63) is 51.4 Å². The number of hydrogen-bond donors (Lipinski definition) is 3. The number of hydrazine groups is 1. The Morgan fingerprint density at radius 2 is 2.05 bits per heavy atom. The van der Waals surface area contributed by atoms with Crippen molar-refractivity contribution in [3.63, 3.8) is 0 Å². The fraction of sp³-hybridized carbons (Fsp3) is 0.167. The number of hydrogen-bond acceptors (Lipinski definition) is 5. The van der Waals surface area contributed by atoms with E-state index in [1.165, 1.54) is 6.20 Å². The van der Waals surface area contributed by atoms with Gasteiger partial charge in [-0.3, -0.25) is 10.8 Å². The summed E-state index contributed by atoms with van der Waals surface area (Å²) in [6, 6.07) is 3.01. The van der Waals surface area contributed by atoms with Gasteiger partial charge in [-0.15, -0.1) is 0 Å². The maximum absolute atomic E-state index is 6.15. The van der Waals surface area contributed by atoms with Crippen LogP contribution in [-0.4, -0.2) is 9.97 Å². The number of pyridine rings is 2. The third-order valence-electron chi connectivity index (χ3n) is 2.80. The van der Waals surface area contributed by atoms with Crippen molar-refractivity contribution in [2.45, 2.75) is 13.0 Å². The molecule has 0 aliphatic carbocycles. The Hall–Kier alpha value is -1.40. The van der Waals surface area contributed by atoms with Gasteiger partial charge in [0.1, 0.15) is 5.82 Å². The molecule has 0 aliphatic heterocycles. The van der Waals surface area contributed by atoms with Crippen LogP contribution in [0.4, 0.5) is 5.82 Å². The topological polar surface area (TPSA) is 89.8 Å². The minimum Gasteiger partial charge on any atom is -0.383 e. The van der Waals surface area contributed by atoms with Crippen LogP contribution in [-0.2, 0) is 0 Å². The number of rotatable bonds is 3. The average molecular weight is 298 g/mol. The first-order valence-corrected chi connectivity index (χ1v) is 6.28. The minimum atomic E-state index is -0.446. The van der Waals surface area contributed by atoms with E-state index < -0.39 is 6.04 Å². The number of nitrogen functional groups attached to an aromatic ring is 1. The minimum absolute atomic E-state index is 0.385. The van der Waals surface area contributed by atoms with Crippen molar-refractivity contribution in [2.24, 2.45) is 5.84 Å². The summed E-state index contributed by atoms with van der Waals surface area (Å²) < 4.78 is 0. The van der Waals surface area contributed by atoms with E-state index in [9.17, 15) is 0 Å². The van der Waals surface area contributed by atoms with Gasteiger partial charge in [0.15, 0.2) is 0 Å². The Bertz CT molecular complexity index is 582. The van der Waals surface area contributed by atoms with E-state index in [2.05, 4.69) is 15.4 Å². The highest BCUT2D eigenvalue weighted by Gasteiger charge is 2.22. The molecule has 5 nitrogen and oxygen atoms in total. The molecule has 0 fully saturated rings. The summed E-state index contributed by atoms with van der Waals surface area (Å²) in [6.45, 7) is 1.92. The van der Waals surface area contributed by atoms with Gasteiger partial charge in [0.05, 0.1) is 21.8 Å². The normalized spacial score (nSPS) is 12.4. The molecule has 0 saturated carbocycles. The van der Waals surface area contributed by atoms with E-state index in [0.717, 1.165) is 11.1 Å². The van der Waals surface area contributed by atoms with Gasteiger partial charge in [0.2, 0.25) is 0 Å². The maximum atomic E-state index is 6.15. The van der Waals surface area contributed by atoms with Crippen LogP contribution in [0, 0.1) is 6.92 Å². The number of anilines is 1. The van der Waals surface area contributed by atoms with Crippen LogP contribution in [0.1, 0.15) is 22.9 Å². The van der Waals surface area contributed by atoms with Crippen LogP contribution in [0.15, 0.2) is 24.5 Å². The lowest BCUT2D eigenvalue weighted by Gasteiger charge is -2.20. The molecule has 2 aromatic rings. The van der Waals surface area contributed by atoms with Crippen LogP contribution in [0.3, 0.4) is 0 Å². The van der Waals surface area contributed by atoms with E-state index in [0.29, 0.717) is 21.6 Å². The molecule has 1 unspecified atom stereocenters. The second-order valence-corrected chi connectivity index (χ2v) is 4.89. The first-order chi connectivity index (χ1) is 9.04. The molecule has 2 rings (SSSR count). The number of nitrogens with zero attached hydrogens (tertiary/aromatic N) is 2. The van der Waals surface area contributed by atoms with Crippen molar-refractivity contribution in [1.29, 1.82) is 0 Å².